The monoisotopic (exact) mass is 264 g/mol. The van der Waals surface area contributed by atoms with E-state index in [0.717, 1.165) is 12.8 Å². The van der Waals surface area contributed by atoms with Gasteiger partial charge in [-0.3, -0.25) is 0 Å². The normalized spacial score (nSPS) is 29.4. The molecule has 3 atom stereocenters. The standard InChI is InChI=1S/C14H17FN2O2/c15-11-3-1-2-4-12(11)16-14(19)17-7-9-5-6-13(18)10(9)8-17/h1-4,9-10,13,18H,5-8H2,(H,16,19). The van der Waals surface area contributed by atoms with E-state index >= 15 is 0 Å². The number of aliphatic hydroxyl groups is 1. The summed E-state index contributed by atoms with van der Waals surface area (Å²) in [6.07, 6.45) is 1.50. The molecule has 0 aromatic heterocycles. The number of carbonyl (C=O) groups is 1. The van der Waals surface area contributed by atoms with Crippen LogP contribution in [0.5, 0.6) is 0 Å². The minimum atomic E-state index is -0.435. The molecule has 19 heavy (non-hydrogen) atoms. The van der Waals surface area contributed by atoms with Gasteiger partial charge in [0.15, 0.2) is 0 Å². The Labute approximate surface area is 111 Å². The molecule has 0 spiro atoms. The number of rotatable bonds is 1. The number of hydrogen-bond donors (Lipinski definition) is 2. The van der Waals surface area contributed by atoms with E-state index < -0.39 is 5.82 Å². The molecule has 2 fully saturated rings. The number of urea groups is 1. The van der Waals surface area contributed by atoms with Crippen LogP contribution in [0.2, 0.25) is 0 Å². The maximum atomic E-state index is 13.5. The summed E-state index contributed by atoms with van der Waals surface area (Å²) in [4.78, 5) is 13.7. The van der Waals surface area contributed by atoms with Gasteiger partial charge >= 0.3 is 6.03 Å². The molecular weight excluding hydrogens is 247 g/mol. The van der Waals surface area contributed by atoms with Gasteiger partial charge in [0.2, 0.25) is 0 Å². The number of anilines is 1. The second-order valence-corrected chi connectivity index (χ2v) is 5.38. The maximum absolute atomic E-state index is 13.5. The zero-order valence-electron chi connectivity index (χ0n) is 10.6. The van der Waals surface area contributed by atoms with Crippen molar-refractivity contribution in [1.29, 1.82) is 0 Å². The van der Waals surface area contributed by atoms with Gasteiger partial charge < -0.3 is 15.3 Å². The number of carbonyl (C=O) groups excluding carboxylic acids is 1. The fraction of sp³-hybridized carbons (Fsp3) is 0.500. The van der Waals surface area contributed by atoms with Gasteiger partial charge in [-0.05, 0) is 30.9 Å². The Hall–Kier alpha value is -1.62. The Morgan fingerprint density at radius 3 is 2.84 bits per heavy atom. The van der Waals surface area contributed by atoms with Crippen molar-refractivity contribution in [2.24, 2.45) is 11.8 Å². The highest BCUT2D eigenvalue weighted by molar-refractivity contribution is 5.89. The lowest BCUT2D eigenvalue weighted by Gasteiger charge is -2.19. The second kappa shape index (κ2) is 4.81. The first kappa shape index (κ1) is 12.4. The van der Waals surface area contributed by atoms with Crippen LogP contribution >= 0.6 is 0 Å². The molecule has 4 nitrogen and oxygen atoms in total. The number of benzene rings is 1. The van der Waals surface area contributed by atoms with Gasteiger partial charge in [-0.25, -0.2) is 9.18 Å². The number of hydrogen-bond acceptors (Lipinski definition) is 2. The summed E-state index contributed by atoms with van der Waals surface area (Å²) in [5.41, 5.74) is 0.199. The molecule has 2 N–H and O–H groups in total. The SMILES string of the molecule is O=C(Nc1ccccc1F)N1CC2CCC(O)C2C1. The first-order chi connectivity index (χ1) is 9.15. The van der Waals surface area contributed by atoms with Gasteiger partial charge in [-0.1, -0.05) is 12.1 Å². The Bertz CT molecular complexity index is 494. The molecule has 1 saturated heterocycles. The third-order valence-electron chi connectivity index (χ3n) is 4.22. The van der Waals surface area contributed by atoms with E-state index in [1.807, 2.05) is 0 Å². The lowest BCUT2D eigenvalue weighted by molar-refractivity contribution is 0.127. The van der Waals surface area contributed by atoms with Gasteiger partial charge in [0.1, 0.15) is 5.82 Å². The Kier molecular flexibility index (Phi) is 3.14. The molecule has 2 amide bonds. The zero-order valence-corrected chi connectivity index (χ0v) is 10.6. The highest BCUT2D eigenvalue weighted by Crippen LogP contribution is 2.38. The third-order valence-corrected chi connectivity index (χ3v) is 4.22. The molecule has 0 radical (unpaired) electrons. The molecule has 3 rings (SSSR count). The predicted octanol–water partition coefficient (Wildman–Crippen LogP) is 2.06. The quantitative estimate of drug-likeness (QED) is 0.815. The minimum Gasteiger partial charge on any atom is -0.393 e. The van der Waals surface area contributed by atoms with Crippen LogP contribution < -0.4 is 5.32 Å². The summed E-state index contributed by atoms with van der Waals surface area (Å²) in [6.45, 7) is 1.22. The molecule has 0 bridgehead atoms. The molecule has 1 aromatic carbocycles. The number of amides is 2. The topological polar surface area (TPSA) is 52.6 Å². The van der Waals surface area contributed by atoms with Crippen LogP contribution in [0, 0.1) is 17.7 Å². The first-order valence-electron chi connectivity index (χ1n) is 6.63. The highest BCUT2D eigenvalue weighted by Gasteiger charge is 2.43. The van der Waals surface area contributed by atoms with E-state index in [9.17, 15) is 14.3 Å². The Morgan fingerprint density at radius 1 is 1.32 bits per heavy atom. The van der Waals surface area contributed by atoms with Crippen LogP contribution in [0.25, 0.3) is 0 Å². The van der Waals surface area contributed by atoms with E-state index in [0.29, 0.717) is 19.0 Å². The van der Waals surface area contributed by atoms with Crippen molar-refractivity contribution in [2.45, 2.75) is 18.9 Å². The maximum Gasteiger partial charge on any atom is 0.321 e. The van der Waals surface area contributed by atoms with Crippen LogP contribution in [0.3, 0.4) is 0 Å². The van der Waals surface area contributed by atoms with E-state index in [-0.39, 0.29) is 23.7 Å². The number of halogens is 1. The molecule has 1 saturated carbocycles. The fourth-order valence-corrected chi connectivity index (χ4v) is 3.16. The van der Waals surface area contributed by atoms with Crippen molar-refractivity contribution in [3.63, 3.8) is 0 Å². The molecule has 1 aromatic rings. The van der Waals surface area contributed by atoms with Crippen LogP contribution in [-0.4, -0.2) is 35.2 Å². The summed E-state index contributed by atoms with van der Waals surface area (Å²) >= 11 is 0. The minimum absolute atomic E-state index is 0.186. The van der Waals surface area contributed by atoms with Crippen molar-refractivity contribution in [2.75, 3.05) is 18.4 Å². The number of para-hydroxylation sites is 1. The van der Waals surface area contributed by atoms with Crippen LogP contribution in [0.4, 0.5) is 14.9 Å². The van der Waals surface area contributed by atoms with Gasteiger partial charge in [0.05, 0.1) is 11.8 Å². The molecule has 1 aliphatic heterocycles. The molecule has 2 aliphatic rings. The van der Waals surface area contributed by atoms with Crippen LogP contribution in [-0.2, 0) is 0 Å². The highest BCUT2D eigenvalue weighted by atomic mass is 19.1. The van der Waals surface area contributed by atoms with Gasteiger partial charge in [-0.2, -0.15) is 0 Å². The number of likely N-dealkylation sites (tertiary alicyclic amines) is 1. The number of nitrogens with one attached hydrogen (secondary N) is 1. The molecule has 1 heterocycles. The lowest BCUT2D eigenvalue weighted by atomic mass is 10.00. The summed E-state index contributed by atoms with van der Waals surface area (Å²) < 4.78 is 13.5. The number of fused-ring (bicyclic) bond motifs is 1. The second-order valence-electron chi connectivity index (χ2n) is 5.38. The van der Waals surface area contributed by atoms with Gasteiger partial charge in [-0.15, -0.1) is 0 Å². The number of aliphatic hydroxyl groups excluding tert-OH is 1. The lowest BCUT2D eigenvalue weighted by Crippen LogP contribution is -2.34. The average molecular weight is 264 g/mol. The molecular formula is C14H17FN2O2. The van der Waals surface area contributed by atoms with E-state index in [1.165, 1.54) is 6.07 Å². The smallest absolute Gasteiger partial charge is 0.321 e. The summed E-state index contributed by atoms with van der Waals surface area (Å²) in [5.74, 6) is 0.142. The first-order valence-corrected chi connectivity index (χ1v) is 6.63. The summed E-state index contributed by atoms with van der Waals surface area (Å²) in [7, 11) is 0. The predicted molar refractivity (Wildman–Crippen MR) is 69.2 cm³/mol. The van der Waals surface area contributed by atoms with Gasteiger partial charge in [0, 0.05) is 19.0 Å². The van der Waals surface area contributed by atoms with Crippen molar-refractivity contribution < 1.29 is 14.3 Å². The Balaban J connectivity index is 1.65. The third kappa shape index (κ3) is 2.30. The van der Waals surface area contributed by atoms with Crippen LogP contribution in [0.1, 0.15) is 12.8 Å². The Morgan fingerprint density at radius 2 is 2.11 bits per heavy atom. The van der Waals surface area contributed by atoms with Crippen molar-refractivity contribution in [1.82, 2.24) is 4.90 Å². The summed E-state index contributed by atoms with van der Waals surface area (Å²) in [5, 5.41) is 12.4. The molecule has 3 unspecified atom stereocenters. The van der Waals surface area contributed by atoms with Gasteiger partial charge in [0.25, 0.3) is 0 Å². The van der Waals surface area contributed by atoms with Crippen LogP contribution in [0.15, 0.2) is 24.3 Å². The molecule has 102 valence electrons. The van der Waals surface area contributed by atoms with Crippen molar-refractivity contribution in [3.05, 3.63) is 30.1 Å². The van der Waals surface area contributed by atoms with E-state index in [1.54, 1.807) is 23.1 Å². The summed E-state index contributed by atoms with van der Waals surface area (Å²) in [6, 6.07) is 5.84. The fourth-order valence-electron chi connectivity index (χ4n) is 3.16. The average Bonchev–Trinajstić information content (AvgIpc) is 2.95. The largest absolute Gasteiger partial charge is 0.393 e. The molecule has 5 heteroatoms. The van der Waals surface area contributed by atoms with E-state index in [2.05, 4.69) is 5.32 Å². The van der Waals surface area contributed by atoms with Crippen molar-refractivity contribution >= 4 is 11.7 Å². The van der Waals surface area contributed by atoms with E-state index in [4.69, 9.17) is 0 Å². The van der Waals surface area contributed by atoms with Crippen molar-refractivity contribution in [3.8, 4) is 0 Å². The molecule has 1 aliphatic carbocycles. The zero-order chi connectivity index (χ0) is 13.4. The number of nitrogens with zero attached hydrogens (tertiary/aromatic N) is 1.